The van der Waals surface area contributed by atoms with Crippen LogP contribution in [-0.2, 0) is 9.59 Å². The third-order valence-corrected chi connectivity index (χ3v) is 3.35. The molecule has 4 nitrogen and oxygen atoms in total. The van der Waals surface area contributed by atoms with Gasteiger partial charge in [0.05, 0.1) is 11.8 Å². The molecule has 0 aromatic heterocycles. The maximum absolute atomic E-state index is 12.0. The predicted molar refractivity (Wildman–Crippen MR) is 72.0 cm³/mol. The average molecular weight is 254 g/mol. The van der Waals surface area contributed by atoms with Gasteiger partial charge in [-0.05, 0) is 18.8 Å². The van der Waals surface area contributed by atoms with Gasteiger partial charge in [0.15, 0.2) is 0 Å². The van der Waals surface area contributed by atoms with E-state index in [9.17, 15) is 9.59 Å². The first-order chi connectivity index (χ1) is 8.47. The summed E-state index contributed by atoms with van der Waals surface area (Å²) in [5.74, 6) is 0.479. The topological polar surface area (TPSA) is 49.4 Å². The van der Waals surface area contributed by atoms with Crippen LogP contribution in [0.25, 0.3) is 0 Å². The number of amides is 2. The molecule has 2 atom stereocenters. The quantitative estimate of drug-likeness (QED) is 0.751. The van der Waals surface area contributed by atoms with Crippen LogP contribution in [0.1, 0.15) is 40.0 Å². The van der Waals surface area contributed by atoms with Gasteiger partial charge < -0.3 is 10.2 Å². The van der Waals surface area contributed by atoms with Gasteiger partial charge in [-0.1, -0.05) is 27.2 Å². The first kappa shape index (κ1) is 15.0. The molecule has 0 bridgehead atoms. The Kier molecular flexibility index (Phi) is 5.63. The van der Waals surface area contributed by atoms with Crippen molar-refractivity contribution in [3.05, 3.63) is 0 Å². The van der Waals surface area contributed by atoms with Gasteiger partial charge in [0.25, 0.3) is 0 Å². The van der Waals surface area contributed by atoms with E-state index in [0.717, 1.165) is 25.8 Å². The van der Waals surface area contributed by atoms with Gasteiger partial charge in [-0.15, -0.1) is 0 Å². The molecule has 0 radical (unpaired) electrons. The molecule has 0 heterocycles. The number of carbonyl (C=O) groups excluding carboxylic acids is 2. The van der Waals surface area contributed by atoms with Crippen LogP contribution in [-0.4, -0.2) is 36.9 Å². The average Bonchev–Trinajstić information content (AvgIpc) is 3.12. The molecule has 1 saturated carbocycles. The number of hydrogen-bond donors (Lipinski definition) is 1. The van der Waals surface area contributed by atoms with Crippen LogP contribution in [0.3, 0.4) is 0 Å². The highest BCUT2D eigenvalue weighted by molar-refractivity contribution is 5.92. The molecule has 0 aliphatic heterocycles. The third-order valence-electron chi connectivity index (χ3n) is 3.35. The maximum Gasteiger partial charge on any atom is 0.226 e. The lowest BCUT2D eigenvalue weighted by atomic mass is 10.2. The number of unbranched alkanes of at least 4 members (excludes halogenated alkanes) is 1. The zero-order chi connectivity index (χ0) is 13.7. The summed E-state index contributed by atoms with van der Waals surface area (Å²) in [4.78, 5) is 25.6. The van der Waals surface area contributed by atoms with Crippen molar-refractivity contribution in [3.63, 3.8) is 0 Å². The van der Waals surface area contributed by atoms with Crippen LogP contribution >= 0.6 is 0 Å². The standard InChI is InChI=1S/C14H26N2O2/c1-5-6-7-16(4)14(18)12-8-11(12)13(17)15-9-10(2)3/h10-12H,5-9H2,1-4H3,(H,15,17). The summed E-state index contributed by atoms with van der Waals surface area (Å²) in [5, 5.41) is 2.90. The molecule has 1 aliphatic carbocycles. The number of carbonyl (C=O) groups is 2. The normalized spacial score (nSPS) is 21.8. The van der Waals surface area contributed by atoms with Crippen molar-refractivity contribution >= 4 is 11.8 Å². The number of rotatable bonds is 7. The summed E-state index contributed by atoms with van der Waals surface area (Å²) >= 11 is 0. The third kappa shape index (κ3) is 4.31. The van der Waals surface area contributed by atoms with Crippen molar-refractivity contribution in [1.82, 2.24) is 10.2 Å². The van der Waals surface area contributed by atoms with E-state index in [2.05, 4.69) is 26.1 Å². The molecular weight excluding hydrogens is 228 g/mol. The number of nitrogens with zero attached hydrogens (tertiary/aromatic N) is 1. The first-order valence-corrected chi connectivity index (χ1v) is 7.00. The molecular formula is C14H26N2O2. The van der Waals surface area contributed by atoms with Crippen molar-refractivity contribution in [3.8, 4) is 0 Å². The minimum atomic E-state index is -0.0830. The van der Waals surface area contributed by atoms with E-state index in [4.69, 9.17) is 0 Å². The van der Waals surface area contributed by atoms with Crippen LogP contribution in [0.4, 0.5) is 0 Å². The Morgan fingerprint density at radius 1 is 1.33 bits per heavy atom. The van der Waals surface area contributed by atoms with Crippen LogP contribution < -0.4 is 5.32 Å². The Morgan fingerprint density at radius 3 is 2.56 bits per heavy atom. The van der Waals surface area contributed by atoms with Gasteiger partial charge in [-0.25, -0.2) is 0 Å². The highest BCUT2D eigenvalue weighted by Crippen LogP contribution is 2.39. The van der Waals surface area contributed by atoms with Crippen LogP contribution in [0.15, 0.2) is 0 Å². The highest BCUT2D eigenvalue weighted by Gasteiger charge is 2.48. The lowest BCUT2D eigenvalue weighted by molar-refractivity contribution is -0.133. The fourth-order valence-corrected chi connectivity index (χ4v) is 1.98. The summed E-state index contributed by atoms with van der Waals surface area (Å²) in [6.45, 7) is 7.73. The monoisotopic (exact) mass is 254 g/mol. The first-order valence-electron chi connectivity index (χ1n) is 7.00. The fraction of sp³-hybridized carbons (Fsp3) is 0.857. The van der Waals surface area contributed by atoms with E-state index in [-0.39, 0.29) is 23.7 Å². The Labute approximate surface area is 110 Å². The van der Waals surface area contributed by atoms with Gasteiger partial charge in [-0.3, -0.25) is 9.59 Å². The number of hydrogen-bond acceptors (Lipinski definition) is 2. The van der Waals surface area contributed by atoms with Gasteiger partial charge in [0, 0.05) is 20.1 Å². The van der Waals surface area contributed by atoms with Gasteiger partial charge in [0.1, 0.15) is 0 Å². The fourth-order valence-electron chi connectivity index (χ4n) is 1.98. The lowest BCUT2D eigenvalue weighted by Gasteiger charge is -2.16. The molecule has 1 aliphatic rings. The molecule has 1 N–H and O–H groups in total. The van der Waals surface area contributed by atoms with Crippen LogP contribution in [0.5, 0.6) is 0 Å². The van der Waals surface area contributed by atoms with Crippen molar-refractivity contribution in [2.45, 2.75) is 40.0 Å². The van der Waals surface area contributed by atoms with Crippen molar-refractivity contribution in [1.29, 1.82) is 0 Å². The lowest BCUT2D eigenvalue weighted by Crippen LogP contribution is -2.33. The summed E-state index contributed by atoms with van der Waals surface area (Å²) in [5.41, 5.74) is 0. The highest BCUT2D eigenvalue weighted by atomic mass is 16.2. The van der Waals surface area contributed by atoms with E-state index in [0.29, 0.717) is 12.5 Å². The van der Waals surface area contributed by atoms with Crippen molar-refractivity contribution in [2.24, 2.45) is 17.8 Å². The Morgan fingerprint density at radius 2 is 2.00 bits per heavy atom. The molecule has 1 rings (SSSR count). The summed E-state index contributed by atoms with van der Waals surface area (Å²) in [6, 6.07) is 0. The zero-order valence-corrected chi connectivity index (χ0v) is 12.0. The maximum atomic E-state index is 12.0. The van der Waals surface area contributed by atoms with Crippen molar-refractivity contribution in [2.75, 3.05) is 20.1 Å². The molecule has 1 fully saturated rings. The zero-order valence-electron chi connectivity index (χ0n) is 12.0. The smallest absolute Gasteiger partial charge is 0.226 e. The number of nitrogens with one attached hydrogen (secondary N) is 1. The second-order valence-corrected chi connectivity index (χ2v) is 5.70. The summed E-state index contributed by atoms with van der Waals surface area (Å²) in [6.07, 6.45) is 2.83. The van der Waals surface area contributed by atoms with E-state index < -0.39 is 0 Å². The molecule has 0 aromatic rings. The predicted octanol–water partition coefficient (Wildman–Crippen LogP) is 1.65. The molecule has 0 aromatic carbocycles. The Bertz CT molecular complexity index is 302. The largest absolute Gasteiger partial charge is 0.356 e. The van der Waals surface area contributed by atoms with Crippen molar-refractivity contribution < 1.29 is 9.59 Å². The van der Waals surface area contributed by atoms with Crippen LogP contribution in [0.2, 0.25) is 0 Å². The minimum Gasteiger partial charge on any atom is -0.356 e. The Hall–Kier alpha value is -1.06. The van der Waals surface area contributed by atoms with Gasteiger partial charge in [0.2, 0.25) is 11.8 Å². The van der Waals surface area contributed by atoms with E-state index in [1.807, 2.05) is 7.05 Å². The SMILES string of the molecule is CCCCN(C)C(=O)C1CC1C(=O)NCC(C)C. The van der Waals surface area contributed by atoms with Crippen LogP contribution in [0, 0.1) is 17.8 Å². The molecule has 2 amide bonds. The minimum absolute atomic E-state index is 0.0472. The second-order valence-electron chi connectivity index (χ2n) is 5.70. The van der Waals surface area contributed by atoms with Gasteiger partial charge >= 0.3 is 0 Å². The molecule has 18 heavy (non-hydrogen) atoms. The summed E-state index contributed by atoms with van der Waals surface area (Å²) < 4.78 is 0. The Balaban J connectivity index is 2.30. The van der Waals surface area contributed by atoms with E-state index in [1.54, 1.807) is 4.90 Å². The second kappa shape index (κ2) is 6.76. The molecule has 104 valence electrons. The molecule has 0 saturated heterocycles. The molecule has 0 spiro atoms. The summed E-state index contributed by atoms with van der Waals surface area (Å²) in [7, 11) is 1.83. The molecule has 2 unspecified atom stereocenters. The van der Waals surface area contributed by atoms with E-state index >= 15 is 0 Å². The van der Waals surface area contributed by atoms with Gasteiger partial charge in [-0.2, -0.15) is 0 Å². The van der Waals surface area contributed by atoms with E-state index in [1.165, 1.54) is 0 Å². The molecule has 4 heteroatoms.